The number of piperidine rings is 1. The van der Waals surface area contributed by atoms with Gasteiger partial charge in [0.05, 0.1) is 25.2 Å². The van der Waals surface area contributed by atoms with Crippen LogP contribution in [0.15, 0.2) is 0 Å². The number of carboxylic acids is 1. The van der Waals surface area contributed by atoms with Crippen LogP contribution in [0, 0.1) is 11.3 Å². The Labute approximate surface area is 130 Å². The highest BCUT2D eigenvalue weighted by Crippen LogP contribution is 2.50. The number of carboxylic acid groups (broad SMARTS) is 1. The third-order valence-corrected chi connectivity index (χ3v) is 7.00. The van der Waals surface area contributed by atoms with Crippen molar-refractivity contribution >= 4 is 22.0 Å². The first-order chi connectivity index (χ1) is 10.2. The smallest absolute Gasteiger partial charge is 0.308 e. The molecule has 8 heteroatoms. The predicted octanol–water partition coefficient (Wildman–Crippen LogP) is 0.845. The van der Waals surface area contributed by atoms with Crippen molar-refractivity contribution in [3.8, 4) is 0 Å². The summed E-state index contributed by atoms with van der Waals surface area (Å²) >= 11 is 0. The first-order valence-corrected chi connectivity index (χ1v) is 9.11. The van der Waals surface area contributed by atoms with Crippen molar-refractivity contribution in [3.63, 3.8) is 0 Å². The van der Waals surface area contributed by atoms with E-state index in [-0.39, 0.29) is 12.2 Å². The van der Waals surface area contributed by atoms with Crippen molar-refractivity contribution in [2.75, 3.05) is 19.4 Å². The van der Waals surface area contributed by atoms with Crippen molar-refractivity contribution in [1.82, 2.24) is 4.31 Å². The fourth-order valence-corrected chi connectivity index (χ4v) is 5.62. The number of hydrogen-bond donors (Lipinski definition) is 1. The Morgan fingerprint density at radius 1 is 1.36 bits per heavy atom. The number of aliphatic carboxylic acids is 1. The van der Waals surface area contributed by atoms with E-state index in [9.17, 15) is 23.1 Å². The SMILES string of the molecule is COC(=O)CC1(CS(=O)(=O)N2CCC[C@H](C(=O)O)[C@@H]2C)CC1. The maximum Gasteiger partial charge on any atom is 0.308 e. The molecule has 0 spiro atoms. The molecule has 1 saturated heterocycles. The third kappa shape index (κ3) is 3.60. The molecule has 1 N–H and O–H groups in total. The second-order valence-corrected chi connectivity index (χ2v) is 8.37. The largest absolute Gasteiger partial charge is 0.481 e. The topological polar surface area (TPSA) is 101 Å². The average molecular weight is 333 g/mol. The van der Waals surface area contributed by atoms with E-state index in [1.54, 1.807) is 6.92 Å². The lowest BCUT2D eigenvalue weighted by molar-refractivity contribution is -0.144. The van der Waals surface area contributed by atoms with Gasteiger partial charge in [-0.15, -0.1) is 0 Å². The van der Waals surface area contributed by atoms with Crippen LogP contribution in [0.5, 0.6) is 0 Å². The van der Waals surface area contributed by atoms with Crippen molar-refractivity contribution in [2.24, 2.45) is 11.3 Å². The summed E-state index contributed by atoms with van der Waals surface area (Å²) in [5, 5.41) is 9.21. The summed E-state index contributed by atoms with van der Waals surface area (Å²) in [7, 11) is -2.30. The fraction of sp³-hybridized carbons (Fsp3) is 0.857. The molecule has 2 atom stereocenters. The highest BCUT2D eigenvalue weighted by molar-refractivity contribution is 7.89. The Morgan fingerprint density at radius 2 is 2.00 bits per heavy atom. The molecule has 22 heavy (non-hydrogen) atoms. The molecule has 0 aromatic carbocycles. The van der Waals surface area contributed by atoms with E-state index in [2.05, 4.69) is 4.74 Å². The van der Waals surface area contributed by atoms with Crippen LogP contribution >= 0.6 is 0 Å². The molecule has 0 aromatic rings. The van der Waals surface area contributed by atoms with E-state index in [0.717, 1.165) is 0 Å². The van der Waals surface area contributed by atoms with Crippen LogP contribution < -0.4 is 0 Å². The summed E-state index contributed by atoms with van der Waals surface area (Å²) in [5.41, 5.74) is -0.526. The summed E-state index contributed by atoms with van der Waals surface area (Å²) in [6, 6.07) is -0.551. The van der Waals surface area contributed by atoms with E-state index >= 15 is 0 Å². The van der Waals surface area contributed by atoms with E-state index in [4.69, 9.17) is 0 Å². The molecule has 1 saturated carbocycles. The van der Waals surface area contributed by atoms with Gasteiger partial charge < -0.3 is 9.84 Å². The minimum absolute atomic E-state index is 0.104. The molecular formula is C14H23NO6S. The number of hydrogen-bond acceptors (Lipinski definition) is 5. The van der Waals surface area contributed by atoms with Gasteiger partial charge in [0, 0.05) is 12.6 Å². The second kappa shape index (κ2) is 6.16. The first-order valence-electron chi connectivity index (χ1n) is 7.50. The Bertz CT molecular complexity index is 554. The van der Waals surface area contributed by atoms with Crippen LogP contribution in [0.2, 0.25) is 0 Å². The maximum atomic E-state index is 12.7. The van der Waals surface area contributed by atoms with Crippen molar-refractivity contribution in [2.45, 2.75) is 45.1 Å². The summed E-state index contributed by atoms with van der Waals surface area (Å²) in [6.07, 6.45) is 2.52. The average Bonchev–Trinajstić information content (AvgIpc) is 3.16. The number of rotatable bonds is 6. The molecule has 1 aliphatic carbocycles. The number of carbonyl (C=O) groups excluding carboxylic acids is 1. The van der Waals surface area contributed by atoms with Crippen molar-refractivity contribution < 1.29 is 27.9 Å². The van der Waals surface area contributed by atoms with Gasteiger partial charge in [-0.3, -0.25) is 9.59 Å². The summed E-state index contributed by atoms with van der Waals surface area (Å²) in [6.45, 7) is 2.00. The minimum atomic E-state index is -3.59. The highest BCUT2D eigenvalue weighted by atomic mass is 32.2. The van der Waals surface area contributed by atoms with Crippen LogP contribution in [0.25, 0.3) is 0 Å². The van der Waals surface area contributed by atoms with Crippen LogP contribution in [-0.4, -0.2) is 55.2 Å². The molecular weight excluding hydrogens is 310 g/mol. The summed E-state index contributed by atoms with van der Waals surface area (Å²) in [4.78, 5) is 22.7. The molecule has 126 valence electrons. The van der Waals surface area contributed by atoms with Crippen molar-refractivity contribution in [3.05, 3.63) is 0 Å². The molecule has 0 unspecified atom stereocenters. The summed E-state index contributed by atoms with van der Waals surface area (Å²) in [5.74, 6) is -2.13. The Kier molecular flexibility index (Phi) is 4.81. The number of ether oxygens (including phenoxy) is 1. The number of carbonyl (C=O) groups is 2. The van der Waals surface area contributed by atoms with E-state index in [1.807, 2.05) is 0 Å². The van der Waals surface area contributed by atoms with Gasteiger partial charge in [0.25, 0.3) is 0 Å². The van der Waals surface area contributed by atoms with Gasteiger partial charge in [0.1, 0.15) is 0 Å². The minimum Gasteiger partial charge on any atom is -0.481 e. The molecule has 0 radical (unpaired) electrons. The molecule has 2 rings (SSSR count). The highest BCUT2D eigenvalue weighted by Gasteiger charge is 2.50. The van der Waals surface area contributed by atoms with Crippen LogP contribution in [0.4, 0.5) is 0 Å². The zero-order valence-corrected chi connectivity index (χ0v) is 13.8. The Balaban J connectivity index is 2.10. The lowest BCUT2D eigenvalue weighted by Gasteiger charge is -2.37. The Morgan fingerprint density at radius 3 is 2.50 bits per heavy atom. The number of nitrogens with zero attached hydrogens (tertiary/aromatic N) is 1. The monoisotopic (exact) mass is 333 g/mol. The van der Waals surface area contributed by atoms with Gasteiger partial charge in [0.2, 0.25) is 10.0 Å². The quantitative estimate of drug-likeness (QED) is 0.723. The third-order valence-electron chi connectivity index (χ3n) is 4.80. The molecule has 2 fully saturated rings. The number of sulfonamides is 1. The molecule has 0 amide bonds. The molecule has 7 nitrogen and oxygen atoms in total. The van der Waals surface area contributed by atoms with Gasteiger partial charge in [-0.25, -0.2) is 8.42 Å². The standard InChI is InChI=1S/C14H23NO6S/c1-10-11(13(17)18)4-3-7-15(10)22(19,20)9-14(5-6-14)8-12(16)21-2/h10-11H,3-9H2,1-2H3,(H,17,18)/t10-,11-/m0/s1. The number of esters is 1. The molecule has 0 aromatic heterocycles. The molecule has 2 aliphatic rings. The van der Waals surface area contributed by atoms with Crippen LogP contribution in [0.3, 0.4) is 0 Å². The van der Waals surface area contributed by atoms with E-state index in [1.165, 1.54) is 11.4 Å². The van der Waals surface area contributed by atoms with Gasteiger partial charge >= 0.3 is 11.9 Å². The fourth-order valence-electron chi connectivity index (χ4n) is 3.23. The van der Waals surface area contributed by atoms with Gasteiger partial charge in [-0.1, -0.05) is 0 Å². The predicted molar refractivity (Wildman–Crippen MR) is 78.6 cm³/mol. The maximum absolute atomic E-state index is 12.7. The molecule has 0 bridgehead atoms. The van der Waals surface area contributed by atoms with Gasteiger partial charge in [-0.2, -0.15) is 4.31 Å². The van der Waals surface area contributed by atoms with Crippen molar-refractivity contribution in [1.29, 1.82) is 0 Å². The lowest BCUT2D eigenvalue weighted by atomic mass is 9.92. The zero-order valence-electron chi connectivity index (χ0n) is 12.9. The van der Waals surface area contributed by atoms with Crippen LogP contribution in [-0.2, 0) is 24.3 Å². The van der Waals surface area contributed by atoms with Gasteiger partial charge in [0.15, 0.2) is 0 Å². The second-order valence-electron chi connectivity index (χ2n) is 6.45. The zero-order chi connectivity index (χ0) is 16.5. The van der Waals surface area contributed by atoms with Crippen LogP contribution in [0.1, 0.15) is 39.0 Å². The molecule has 1 aliphatic heterocycles. The number of methoxy groups -OCH3 is 1. The normalized spacial score (nSPS) is 28.1. The Hall–Kier alpha value is -1.15. The van der Waals surface area contributed by atoms with Gasteiger partial charge in [-0.05, 0) is 38.0 Å². The van der Waals surface area contributed by atoms with E-state index in [0.29, 0.717) is 32.2 Å². The summed E-state index contributed by atoms with van der Waals surface area (Å²) < 4.78 is 31.3. The first kappa shape index (κ1) is 17.2. The lowest BCUT2D eigenvalue weighted by Crippen LogP contribution is -2.50. The van der Waals surface area contributed by atoms with E-state index < -0.39 is 39.3 Å². The molecule has 1 heterocycles.